The van der Waals surface area contributed by atoms with Crippen molar-refractivity contribution in [1.29, 1.82) is 0 Å². The first-order valence-electron chi connectivity index (χ1n) is 4.18. The zero-order valence-corrected chi connectivity index (χ0v) is 7.03. The van der Waals surface area contributed by atoms with Gasteiger partial charge in [-0.1, -0.05) is 5.16 Å². The van der Waals surface area contributed by atoms with Gasteiger partial charge >= 0.3 is 0 Å². The van der Waals surface area contributed by atoms with Crippen LogP contribution < -0.4 is 5.32 Å². The highest BCUT2D eigenvalue weighted by atomic mass is 16.5. The number of hydrogen-bond acceptors (Lipinski definition) is 4. The zero-order chi connectivity index (χ0) is 9.10. The lowest BCUT2D eigenvalue weighted by Gasteiger charge is -2.07. The molecule has 0 spiro atoms. The first kappa shape index (κ1) is 8.25. The highest BCUT2D eigenvalue weighted by Crippen LogP contribution is 2.14. The van der Waals surface area contributed by atoms with Crippen LogP contribution in [0, 0.1) is 0 Å². The maximum absolute atomic E-state index is 11.4. The number of carbonyl (C=O) groups excluding carboxylic acids is 1. The van der Waals surface area contributed by atoms with Gasteiger partial charge in [-0.15, -0.1) is 0 Å². The molecule has 2 heterocycles. The summed E-state index contributed by atoms with van der Waals surface area (Å²) < 4.78 is 9.77. The van der Waals surface area contributed by atoms with Gasteiger partial charge in [0.1, 0.15) is 18.1 Å². The van der Waals surface area contributed by atoms with Crippen molar-refractivity contribution in [2.75, 3.05) is 11.9 Å². The van der Waals surface area contributed by atoms with Gasteiger partial charge in [0.15, 0.2) is 0 Å². The van der Waals surface area contributed by atoms with E-state index in [2.05, 4.69) is 15.0 Å². The lowest BCUT2D eigenvalue weighted by atomic mass is 10.2. The molecule has 0 bridgehead atoms. The third-order valence-corrected chi connectivity index (χ3v) is 1.92. The minimum atomic E-state index is -0.310. The lowest BCUT2D eigenvalue weighted by Crippen LogP contribution is -2.26. The Bertz CT molecular complexity index is 278. The van der Waals surface area contributed by atoms with Crippen molar-refractivity contribution in [2.45, 2.75) is 18.9 Å². The number of ether oxygens (including phenoxy) is 1. The van der Waals surface area contributed by atoms with Crippen LogP contribution in [-0.4, -0.2) is 23.8 Å². The van der Waals surface area contributed by atoms with Crippen LogP contribution in [0.5, 0.6) is 0 Å². The molecule has 0 aliphatic carbocycles. The summed E-state index contributed by atoms with van der Waals surface area (Å²) >= 11 is 0. The summed E-state index contributed by atoms with van der Waals surface area (Å²) in [5.41, 5.74) is 0.570. The average Bonchev–Trinajstić information content (AvgIpc) is 2.74. The van der Waals surface area contributed by atoms with E-state index >= 15 is 0 Å². The summed E-state index contributed by atoms with van der Waals surface area (Å²) in [6, 6.07) is 0. The van der Waals surface area contributed by atoms with Gasteiger partial charge in [0.05, 0.1) is 6.20 Å². The van der Waals surface area contributed by atoms with E-state index in [9.17, 15) is 4.79 Å². The Balaban J connectivity index is 1.91. The fourth-order valence-electron chi connectivity index (χ4n) is 1.27. The molecule has 2 rings (SSSR count). The van der Waals surface area contributed by atoms with E-state index in [0.717, 1.165) is 12.8 Å². The van der Waals surface area contributed by atoms with Crippen LogP contribution >= 0.6 is 0 Å². The summed E-state index contributed by atoms with van der Waals surface area (Å²) in [6.07, 6.45) is 4.26. The van der Waals surface area contributed by atoms with Crippen LogP contribution in [0.4, 0.5) is 5.69 Å². The molecule has 1 N–H and O–H groups in total. The Morgan fingerprint density at radius 1 is 1.69 bits per heavy atom. The number of anilines is 1. The Morgan fingerprint density at radius 2 is 2.62 bits per heavy atom. The van der Waals surface area contributed by atoms with Crippen molar-refractivity contribution in [1.82, 2.24) is 5.16 Å². The molecule has 1 fully saturated rings. The Kier molecular flexibility index (Phi) is 2.27. The molecule has 0 saturated carbocycles. The topological polar surface area (TPSA) is 64.4 Å². The number of carbonyl (C=O) groups is 1. The molecular formula is C8H10N2O3. The van der Waals surface area contributed by atoms with Gasteiger partial charge in [0.2, 0.25) is 0 Å². The monoisotopic (exact) mass is 182 g/mol. The molecule has 70 valence electrons. The molecule has 13 heavy (non-hydrogen) atoms. The third kappa shape index (κ3) is 1.86. The first-order valence-corrected chi connectivity index (χ1v) is 4.18. The number of amides is 1. The first-order chi connectivity index (χ1) is 6.36. The Hall–Kier alpha value is -1.36. The van der Waals surface area contributed by atoms with Crippen LogP contribution in [0.1, 0.15) is 12.8 Å². The number of aromatic nitrogens is 1. The van der Waals surface area contributed by atoms with Gasteiger partial charge in [-0.05, 0) is 12.8 Å². The molecule has 5 heteroatoms. The van der Waals surface area contributed by atoms with Gasteiger partial charge in [-0.2, -0.15) is 0 Å². The highest BCUT2D eigenvalue weighted by Gasteiger charge is 2.23. The van der Waals surface area contributed by atoms with Crippen molar-refractivity contribution in [3.63, 3.8) is 0 Å². The second-order valence-electron chi connectivity index (χ2n) is 2.90. The van der Waals surface area contributed by atoms with E-state index in [4.69, 9.17) is 4.74 Å². The average molecular weight is 182 g/mol. The SMILES string of the molecule is O=C(Nc1cnoc1)[C@@H]1CCCO1. The number of nitrogens with one attached hydrogen (secondary N) is 1. The fourth-order valence-corrected chi connectivity index (χ4v) is 1.27. The molecule has 5 nitrogen and oxygen atoms in total. The molecule has 1 atom stereocenters. The Labute approximate surface area is 75.0 Å². The van der Waals surface area contributed by atoms with E-state index in [1.165, 1.54) is 12.5 Å². The van der Waals surface area contributed by atoms with Crippen LogP contribution in [-0.2, 0) is 9.53 Å². The maximum atomic E-state index is 11.4. The summed E-state index contributed by atoms with van der Waals surface area (Å²) in [5, 5.41) is 6.11. The maximum Gasteiger partial charge on any atom is 0.253 e. The van der Waals surface area contributed by atoms with Gasteiger partial charge in [0, 0.05) is 6.61 Å². The van der Waals surface area contributed by atoms with Gasteiger partial charge in [0.25, 0.3) is 5.91 Å². The van der Waals surface area contributed by atoms with Crippen molar-refractivity contribution in [2.24, 2.45) is 0 Å². The third-order valence-electron chi connectivity index (χ3n) is 1.92. The van der Waals surface area contributed by atoms with E-state index in [1.54, 1.807) is 0 Å². The van der Waals surface area contributed by atoms with Crippen molar-refractivity contribution < 1.29 is 14.1 Å². The van der Waals surface area contributed by atoms with Gasteiger partial charge < -0.3 is 14.6 Å². The summed E-state index contributed by atoms with van der Waals surface area (Å²) in [4.78, 5) is 11.4. The van der Waals surface area contributed by atoms with Crippen molar-refractivity contribution in [3.8, 4) is 0 Å². The predicted molar refractivity (Wildman–Crippen MR) is 44.1 cm³/mol. The molecule has 0 radical (unpaired) electrons. The quantitative estimate of drug-likeness (QED) is 0.734. The summed E-state index contributed by atoms with van der Waals surface area (Å²) in [7, 11) is 0. The largest absolute Gasteiger partial charge is 0.368 e. The van der Waals surface area contributed by atoms with Crippen molar-refractivity contribution in [3.05, 3.63) is 12.5 Å². The lowest BCUT2D eigenvalue weighted by molar-refractivity contribution is -0.124. The smallest absolute Gasteiger partial charge is 0.253 e. The van der Waals surface area contributed by atoms with Crippen LogP contribution in [0.25, 0.3) is 0 Å². The van der Waals surface area contributed by atoms with E-state index in [-0.39, 0.29) is 12.0 Å². The number of nitrogens with zero attached hydrogens (tertiary/aromatic N) is 1. The highest BCUT2D eigenvalue weighted by molar-refractivity contribution is 5.93. The molecule has 1 aliphatic rings. The molecule has 1 aliphatic heterocycles. The molecule has 1 aromatic heterocycles. The standard InChI is InChI=1S/C8H10N2O3/c11-8(7-2-1-3-12-7)10-6-4-9-13-5-6/h4-5,7H,1-3H2,(H,10,11)/t7-/m0/s1. The minimum absolute atomic E-state index is 0.124. The van der Waals surface area contributed by atoms with Crippen LogP contribution in [0.3, 0.4) is 0 Å². The van der Waals surface area contributed by atoms with Crippen LogP contribution in [0.2, 0.25) is 0 Å². The van der Waals surface area contributed by atoms with Crippen LogP contribution in [0.15, 0.2) is 17.0 Å². The Morgan fingerprint density at radius 3 is 3.23 bits per heavy atom. The zero-order valence-electron chi connectivity index (χ0n) is 7.03. The van der Waals surface area contributed by atoms with Crippen molar-refractivity contribution >= 4 is 11.6 Å². The van der Waals surface area contributed by atoms with E-state index in [1.807, 2.05) is 0 Å². The summed E-state index contributed by atoms with van der Waals surface area (Å²) in [6.45, 7) is 0.668. The minimum Gasteiger partial charge on any atom is -0.368 e. The van der Waals surface area contributed by atoms with Gasteiger partial charge in [-0.25, -0.2) is 0 Å². The summed E-state index contributed by atoms with van der Waals surface area (Å²) in [5.74, 6) is -0.124. The van der Waals surface area contributed by atoms with E-state index < -0.39 is 0 Å². The second-order valence-corrected chi connectivity index (χ2v) is 2.90. The second kappa shape index (κ2) is 3.57. The predicted octanol–water partition coefficient (Wildman–Crippen LogP) is 0.792. The molecule has 1 saturated heterocycles. The normalized spacial score (nSPS) is 21.7. The van der Waals surface area contributed by atoms with E-state index in [0.29, 0.717) is 12.3 Å². The molecular weight excluding hydrogens is 172 g/mol. The fraction of sp³-hybridized carbons (Fsp3) is 0.500. The molecule has 1 amide bonds. The van der Waals surface area contributed by atoms with Gasteiger partial charge in [-0.3, -0.25) is 4.79 Å². The molecule has 1 aromatic rings. The number of hydrogen-bond donors (Lipinski definition) is 1. The molecule has 0 aromatic carbocycles. The number of rotatable bonds is 2. The molecule has 0 unspecified atom stereocenters.